The van der Waals surface area contributed by atoms with Crippen molar-refractivity contribution in [2.24, 2.45) is 0 Å². The number of hydrogen-bond acceptors (Lipinski definition) is 7. The molecule has 2 aromatic carbocycles. The van der Waals surface area contributed by atoms with Crippen molar-refractivity contribution in [1.29, 1.82) is 0 Å². The van der Waals surface area contributed by atoms with Crippen LogP contribution < -0.4 is 10.1 Å². The van der Waals surface area contributed by atoms with Gasteiger partial charge in [0.25, 0.3) is 5.69 Å². The number of rotatable bonds is 8. The van der Waals surface area contributed by atoms with Gasteiger partial charge in [-0.15, -0.1) is 5.10 Å². The fourth-order valence-electron chi connectivity index (χ4n) is 2.30. The predicted octanol–water partition coefficient (Wildman–Crippen LogP) is 3.98. The Hall–Kier alpha value is -3.11. The highest BCUT2D eigenvalue weighted by Crippen LogP contribution is 2.27. The molecule has 0 radical (unpaired) electrons. The summed E-state index contributed by atoms with van der Waals surface area (Å²) in [6.07, 6.45) is 0. The summed E-state index contributed by atoms with van der Waals surface area (Å²) in [5.74, 6) is 0.870. The summed E-state index contributed by atoms with van der Waals surface area (Å²) in [6.45, 7) is 2.19. The van der Waals surface area contributed by atoms with Crippen molar-refractivity contribution >= 4 is 40.6 Å². The molecule has 150 valence electrons. The second-order valence-electron chi connectivity index (χ2n) is 5.93. The summed E-state index contributed by atoms with van der Waals surface area (Å²) >= 11 is 7.08. The topological polar surface area (TPSA) is 123 Å². The number of aromatic nitrogens is 3. The van der Waals surface area contributed by atoms with Gasteiger partial charge in [-0.05, 0) is 30.7 Å². The van der Waals surface area contributed by atoms with Crippen LogP contribution in [0.25, 0.3) is 0 Å². The number of nitrogens with zero attached hydrogens (tertiary/aromatic N) is 3. The van der Waals surface area contributed by atoms with Crippen molar-refractivity contribution in [3.8, 4) is 5.75 Å². The van der Waals surface area contributed by atoms with E-state index in [-0.39, 0.29) is 34.7 Å². The molecule has 0 aliphatic heterocycles. The van der Waals surface area contributed by atoms with Crippen molar-refractivity contribution in [2.45, 2.75) is 18.7 Å². The largest absolute Gasteiger partial charge is 0.486 e. The third kappa shape index (κ3) is 5.93. The molecule has 2 N–H and O–H groups in total. The molecule has 0 aliphatic carbocycles. The van der Waals surface area contributed by atoms with Crippen LogP contribution in [0.15, 0.2) is 47.6 Å². The van der Waals surface area contributed by atoms with E-state index >= 15 is 0 Å². The summed E-state index contributed by atoms with van der Waals surface area (Å²) in [5, 5.41) is 20.8. The average Bonchev–Trinajstić information content (AvgIpc) is 3.14. The predicted molar refractivity (Wildman–Crippen MR) is 109 cm³/mol. The molecule has 0 bridgehead atoms. The third-order valence-electron chi connectivity index (χ3n) is 3.64. The number of H-pyrrole nitrogens is 1. The molecule has 0 aliphatic rings. The Kier molecular flexibility index (Phi) is 6.68. The van der Waals surface area contributed by atoms with Crippen molar-refractivity contribution < 1.29 is 14.5 Å². The summed E-state index contributed by atoms with van der Waals surface area (Å²) in [7, 11) is 0. The van der Waals surface area contributed by atoms with Gasteiger partial charge in [0.15, 0.2) is 5.82 Å². The first-order valence-electron chi connectivity index (χ1n) is 8.38. The zero-order chi connectivity index (χ0) is 20.8. The number of halogens is 1. The highest BCUT2D eigenvalue weighted by molar-refractivity contribution is 7.99. The third-order valence-corrected chi connectivity index (χ3v) is 4.82. The van der Waals surface area contributed by atoms with Gasteiger partial charge in [-0.25, -0.2) is 4.98 Å². The molecule has 0 fully saturated rings. The Morgan fingerprint density at radius 1 is 1.34 bits per heavy atom. The Bertz CT molecular complexity index is 1040. The number of nitrogens with one attached hydrogen (secondary N) is 2. The molecule has 1 amide bonds. The van der Waals surface area contributed by atoms with Gasteiger partial charge in [0.1, 0.15) is 12.4 Å². The number of non-ortho nitro benzene ring substituents is 1. The Labute approximate surface area is 175 Å². The van der Waals surface area contributed by atoms with Crippen LogP contribution in [0.3, 0.4) is 0 Å². The number of benzene rings is 2. The minimum atomic E-state index is -0.561. The van der Waals surface area contributed by atoms with Gasteiger partial charge in [0, 0.05) is 12.1 Å². The maximum atomic E-state index is 12.1. The minimum absolute atomic E-state index is 0.00898. The van der Waals surface area contributed by atoms with Crippen LogP contribution in [0.1, 0.15) is 11.4 Å². The Morgan fingerprint density at radius 3 is 2.93 bits per heavy atom. The van der Waals surface area contributed by atoms with E-state index in [1.165, 1.54) is 18.2 Å². The normalized spacial score (nSPS) is 10.6. The molecule has 1 aromatic heterocycles. The lowest BCUT2D eigenvalue weighted by Crippen LogP contribution is -2.14. The van der Waals surface area contributed by atoms with Gasteiger partial charge < -0.3 is 10.1 Å². The van der Waals surface area contributed by atoms with Crippen molar-refractivity contribution in [3.63, 3.8) is 0 Å². The molecule has 0 unspecified atom stereocenters. The quantitative estimate of drug-likeness (QED) is 0.313. The first-order chi connectivity index (χ1) is 13.9. The number of amides is 1. The van der Waals surface area contributed by atoms with Gasteiger partial charge in [0.05, 0.1) is 21.4 Å². The van der Waals surface area contributed by atoms with Gasteiger partial charge in [-0.1, -0.05) is 35.5 Å². The molecule has 0 saturated carbocycles. The summed E-state index contributed by atoms with van der Waals surface area (Å²) < 4.78 is 5.64. The zero-order valence-electron chi connectivity index (χ0n) is 15.2. The van der Waals surface area contributed by atoms with E-state index in [2.05, 4.69) is 20.5 Å². The Morgan fingerprint density at radius 2 is 2.17 bits per heavy atom. The highest BCUT2D eigenvalue weighted by atomic mass is 35.5. The smallest absolute Gasteiger partial charge is 0.271 e. The van der Waals surface area contributed by atoms with Gasteiger partial charge in [-0.3, -0.25) is 20.0 Å². The molecule has 0 saturated heterocycles. The Balaban J connectivity index is 1.51. The van der Waals surface area contributed by atoms with Crippen LogP contribution in [-0.2, 0) is 11.4 Å². The lowest BCUT2D eigenvalue weighted by Gasteiger charge is -2.06. The lowest BCUT2D eigenvalue weighted by atomic mass is 10.2. The van der Waals surface area contributed by atoms with Crippen LogP contribution in [0.5, 0.6) is 5.75 Å². The summed E-state index contributed by atoms with van der Waals surface area (Å²) in [6, 6.07) is 11.5. The maximum Gasteiger partial charge on any atom is 0.271 e. The number of hydrogen-bond donors (Lipinski definition) is 2. The van der Waals surface area contributed by atoms with Gasteiger partial charge >= 0.3 is 0 Å². The fraction of sp³-hybridized carbons (Fsp3) is 0.167. The number of thioether (sulfide) groups is 1. The van der Waals surface area contributed by atoms with E-state index < -0.39 is 4.92 Å². The number of carbonyl (C=O) groups excluding carboxylic acids is 1. The van der Waals surface area contributed by atoms with E-state index in [1.54, 1.807) is 0 Å². The van der Waals surface area contributed by atoms with Crippen LogP contribution in [0.4, 0.5) is 11.4 Å². The van der Waals surface area contributed by atoms with Gasteiger partial charge in [0.2, 0.25) is 11.1 Å². The lowest BCUT2D eigenvalue weighted by molar-refractivity contribution is -0.384. The molecule has 1 heterocycles. The van der Waals surface area contributed by atoms with Crippen molar-refractivity contribution in [3.05, 3.63) is 69.0 Å². The number of anilines is 1. The zero-order valence-corrected chi connectivity index (χ0v) is 16.8. The first-order valence-corrected chi connectivity index (χ1v) is 9.74. The van der Waals surface area contributed by atoms with Crippen LogP contribution >= 0.6 is 23.4 Å². The molecule has 0 spiro atoms. The van der Waals surface area contributed by atoms with Crippen LogP contribution in [-0.4, -0.2) is 31.8 Å². The number of aryl methyl sites for hydroxylation is 1. The molecular weight excluding hydrogens is 418 g/mol. The number of carbonyl (C=O) groups is 1. The monoisotopic (exact) mass is 433 g/mol. The summed E-state index contributed by atoms with van der Waals surface area (Å²) in [5.41, 5.74) is 1.10. The van der Waals surface area contributed by atoms with Crippen molar-refractivity contribution in [1.82, 2.24) is 15.2 Å². The highest BCUT2D eigenvalue weighted by Gasteiger charge is 2.13. The minimum Gasteiger partial charge on any atom is -0.486 e. The second-order valence-corrected chi connectivity index (χ2v) is 7.28. The molecule has 11 heteroatoms. The summed E-state index contributed by atoms with van der Waals surface area (Å²) in [4.78, 5) is 26.7. The van der Waals surface area contributed by atoms with E-state index in [9.17, 15) is 14.9 Å². The molecule has 0 atom stereocenters. The fourth-order valence-corrected chi connectivity index (χ4v) is 3.08. The number of ether oxygens (including phenoxy) is 1. The van der Waals surface area contributed by atoms with E-state index in [0.717, 1.165) is 23.1 Å². The van der Waals surface area contributed by atoms with E-state index in [1.807, 2.05) is 31.2 Å². The van der Waals surface area contributed by atoms with Crippen LogP contribution in [0.2, 0.25) is 5.02 Å². The van der Waals surface area contributed by atoms with Crippen molar-refractivity contribution in [2.75, 3.05) is 11.1 Å². The molecular formula is C18H16ClN5O4S. The van der Waals surface area contributed by atoms with Gasteiger partial charge in [-0.2, -0.15) is 0 Å². The number of nitro benzene ring substituents is 1. The molecule has 9 nitrogen and oxygen atoms in total. The standard InChI is InChI=1S/C18H16ClN5O4S/c1-11-3-2-4-13(7-11)28-9-16-21-18(23-22-16)29-10-17(25)20-15-8-12(24(26)27)5-6-14(15)19/h2-8H,9-10H2,1H3,(H,20,25)(H,21,22,23). The molecule has 3 aromatic rings. The second kappa shape index (κ2) is 9.39. The van der Waals surface area contributed by atoms with E-state index in [0.29, 0.717) is 11.0 Å². The number of aromatic amines is 1. The SMILES string of the molecule is Cc1cccc(OCc2nc(SCC(=O)Nc3cc([N+](=O)[O-])ccc3Cl)n[nH]2)c1. The van der Waals surface area contributed by atoms with Crippen LogP contribution in [0, 0.1) is 17.0 Å². The first kappa shape index (κ1) is 20.6. The molecule has 3 rings (SSSR count). The maximum absolute atomic E-state index is 12.1. The number of nitro groups is 1. The average molecular weight is 434 g/mol. The molecule has 29 heavy (non-hydrogen) atoms. The van der Waals surface area contributed by atoms with E-state index in [4.69, 9.17) is 16.3 Å².